The molecule has 0 spiro atoms. The number of nitrogens with one attached hydrogen (secondary N) is 2. The summed E-state index contributed by atoms with van der Waals surface area (Å²) in [6.45, 7) is 8.26. The van der Waals surface area contributed by atoms with E-state index in [4.69, 9.17) is 0 Å². The Kier molecular flexibility index (Phi) is 4.63. The van der Waals surface area contributed by atoms with E-state index in [1.54, 1.807) is 11.3 Å². The van der Waals surface area contributed by atoms with Crippen LogP contribution in [0.3, 0.4) is 0 Å². The van der Waals surface area contributed by atoms with Crippen LogP contribution in [0.4, 0.5) is 10.7 Å². The van der Waals surface area contributed by atoms with Gasteiger partial charge in [0.05, 0.1) is 5.56 Å². The number of benzene rings is 1. The standard InChI is InChI=1S/C20H26N4OS/c1-4-24(5-2)14-8-6-13(7-9-14)18-21-19(25)17-15-10-11-23(3)12-16(15)26-20(17)22-18/h6-9,18,22H,4-5,10-12H2,1-3H3,(H,21,25). The fourth-order valence-electron chi connectivity index (χ4n) is 3.88. The van der Waals surface area contributed by atoms with Crippen molar-refractivity contribution in [2.75, 3.05) is 36.9 Å². The molecule has 0 radical (unpaired) electrons. The Morgan fingerprint density at radius 1 is 1.19 bits per heavy atom. The van der Waals surface area contributed by atoms with Crippen LogP contribution in [-0.2, 0) is 13.0 Å². The summed E-state index contributed by atoms with van der Waals surface area (Å²) in [5, 5.41) is 7.71. The smallest absolute Gasteiger partial charge is 0.256 e. The Morgan fingerprint density at radius 2 is 1.92 bits per heavy atom. The number of carbonyl (C=O) groups excluding carboxylic acids is 1. The highest BCUT2D eigenvalue weighted by Gasteiger charge is 2.32. The quantitative estimate of drug-likeness (QED) is 0.866. The number of likely N-dealkylation sites (N-methyl/N-ethyl adjacent to an activating group) is 1. The molecule has 6 heteroatoms. The highest BCUT2D eigenvalue weighted by Crippen LogP contribution is 2.40. The number of fused-ring (bicyclic) bond motifs is 3. The lowest BCUT2D eigenvalue weighted by molar-refractivity contribution is 0.0935. The normalized spacial score (nSPS) is 19.3. The molecule has 26 heavy (non-hydrogen) atoms. The number of carbonyl (C=O) groups is 1. The molecule has 5 nitrogen and oxygen atoms in total. The van der Waals surface area contributed by atoms with Crippen LogP contribution < -0.4 is 15.5 Å². The minimum absolute atomic E-state index is 0.0543. The van der Waals surface area contributed by atoms with Crippen molar-refractivity contribution < 1.29 is 4.79 Å². The van der Waals surface area contributed by atoms with Crippen molar-refractivity contribution in [2.45, 2.75) is 33.0 Å². The third kappa shape index (κ3) is 2.97. The maximum Gasteiger partial charge on any atom is 0.256 e. The predicted octanol–water partition coefficient (Wildman–Crippen LogP) is 3.44. The monoisotopic (exact) mass is 370 g/mol. The number of hydrogen-bond acceptors (Lipinski definition) is 5. The van der Waals surface area contributed by atoms with Gasteiger partial charge in [0.1, 0.15) is 11.2 Å². The van der Waals surface area contributed by atoms with Crippen LogP contribution in [0.15, 0.2) is 24.3 Å². The molecular formula is C20H26N4OS. The van der Waals surface area contributed by atoms with Crippen LogP contribution in [-0.4, -0.2) is 37.5 Å². The van der Waals surface area contributed by atoms with Crippen LogP contribution in [0.5, 0.6) is 0 Å². The maximum absolute atomic E-state index is 12.8. The molecule has 2 aromatic rings. The summed E-state index contributed by atoms with van der Waals surface area (Å²) in [5.74, 6) is 0.0543. The summed E-state index contributed by atoms with van der Waals surface area (Å²) < 4.78 is 0. The molecule has 0 saturated heterocycles. The molecule has 1 aromatic carbocycles. The summed E-state index contributed by atoms with van der Waals surface area (Å²) in [7, 11) is 2.13. The Morgan fingerprint density at radius 3 is 2.62 bits per heavy atom. The Labute approximate surface area is 159 Å². The molecule has 1 unspecified atom stereocenters. The number of amides is 1. The molecule has 1 aromatic heterocycles. The van der Waals surface area contributed by atoms with Crippen molar-refractivity contribution in [2.24, 2.45) is 0 Å². The van der Waals surface area contributed by atoms with E-state index in [9.17, 15) is 4.79 Å². The van der Waals surface area contributed by atoms with Gasteiger partial charge in [-0.3, -0.25) is 4.79 Å². The molecule has 0 fully saturated rings. The van der Waals surface area contributed by atoms with Gasteiger partial charge in [-0.15, -0.1) is 11.3 Å². The third-order valence-corrected chi connectivity index (χ3v) is 6.53. The van der Waals surface area contributed by atoms with Gasteiger partial charge in [0, 0.05) is 36.7 Å². The number of anilines is 2. The predicted molar refractivity (Wildman–Crippen MR) is 108 cm³/mol. The number of rotatable bonds is 4. The molecular weight excluding hydrogens is 344 g/mol. The Hall–Kier alpha value is -2.05. The van der Waals surface area contributed by atoms with E-state index in [1.807, 2.05) is 0 Å². The summed E-state index contributed by atoms with van der Waals surface area (Å²) in [6, 6.07) is 8.50. The zero-order valence-corrected chi connectivity index (χ0v) is 16.4. The summed E-state index contributed by atoms with van der Waals surface area (Å²) in [4.78, 5) is 18.7. The van der Waals surface area contributed by atoms with Crippen LogP contribution in [0.25, 0.3) is 0 Å². The van der Waals surface area contributed by atoms with Crippen LogP contribution in [0.2, 0.25) is 0 Å². The first-order valence-corrected chi connectivity index (χ1v) is 10.2. The van der Waals surface area contributed by atoms with Gasteiger partial charge >= 0.3 is 0 Å². The second-order valence-corrected chi connectivity index (χ2v) is 8.12. The molecule has 2 aliphatic rings. The third-order valence-electron chi connectivity index (χ3n) is 5.38. The van der Waals surface area contributed by atoms with E-state index in [2.05, 4.69) is 65.6 Å². The molecule has 2 N–H and O–H groups in total. The summed E-state index contributed by atoms with van der Waals surface area (Å²) >= 11 is 1.74. The number of nitrogens with zero attached hydrogens (tertiary/aromatic N) is 2. The lowest BCUT2D eigenvalue weighted by atomic mass is 10.0. The van der Waals surface area contributed by atoms with Gasteiger partial charge in [0.25, 0.3) is 5.91 Å². The van der Waals surface area contributed by atoms with E-state index < -0.39 is 0 Å². The van der Waals surface area contributed by atoms with Gasteiger partial charge in [-0.2, -0.15) is 0 Å². The van der Waals surface area contributed by atoms with Crippen molar-refractivity contribution >= 4 is 27.9 Å². The zero-order chi connectivity index (χ0) is 18.3. The average molecular weight is 371 g/mol. The first-order chi connectivity index (χ1) is 12.6. The second-order valence-electron chi connectivity index (χ2n) is 7.01. The van der Waals surface area contributed by atoms with Gasteiger partial charge in [-0.1, -0.05) is 12.1 Å². The topological polar surface area (TPSA) is 47.6 Å². The lowest BCUT2D eigenvalue weighted by Gasteiger charge is -2.28. The van der Waals surface area contributed by atoms with Gasteiger partial charge in [-0.25, -0.2) is 0 Å². The van der Waals surface area contributed by atoms with Crippen molar-refractivity contribution in [1.29, 1.82) is 0 Å². The van der Waals surface area contributed by atoms with E-state index in [-0.39, 0.29) is 12.1 Å². The average Bonchev–Trinajstić information content (AvgIpc) is 3.01. The minimum atomic E-state index is -0.168. The summed E-state index contributed by atoms with van der Waals surface area (Å²) in [6.07, 6.45) is 0.786. The van der Waals surface area contributed by atoms with E-state index >= 15 is 0 Å². The summed E-state index contributed by atoms with van der Waals surface area (Å²) in [5.41, 5.74) is 4.41. The molecule has 3 heterocycles. The molecule has 4 rings (SSSR count). The van der Waals surface area contributed by atoms with Crippen LogP contribution >= 0.6 is 11.3 Å². The highest BCUT2D eigenvalue weighted by molar-refractivity contribution is 7.16. The fraction of sp³-hybridized carbons (Fsp3) is 0.450. The molecule has 0 aliphatic carbocycles. The SMILES string of the molecule is CCN(CC)c1ccc(C2NC(=O)c3c(sc4c3CCN(C)C4)N2)cc1. The minimum Gasteiger partial charge on any atom is -0.372 e. The lowest BCUT2D eigenvalue weighted by Crippen LogP contribution is -2.38. The largest absolute Gasteiger partial charge is 0.372 e. The van der Waals surface area contributed by atoms with Crippen molar-refractivity contribution in [1.82, 2.24) is 10.2 Å². The molecule has 1 amide bonds. The highest BCUT2D eigenvalue weighted by atomic mass is 32.1. The molecule has 138 valence electrons. The van der Waals surface area contributed by atoms with E-state index in [0.29, 0.717) is 0 Å². The van der Waals surface area contributed by atoms with Crippen LogP contribution in [0, 0.1) is 0 Å². The van der Waals surface area contributed by atoms with Crippen molar-refractivity contribution in [3.8, 4) is 0 Å². The molecule has 0 bridgehead atoms. The van der Waals surface area contributed by atoms with Crippen molar-refractivity contribution in [3.05, 3.63) is 45.8 Å². The first-order valence-electron chi connectivity index (χ1n) is 9.36. The maximum atomic E-state index is 12.8. The Bertz CT molecular complexity index is 810. The second kappa shape index (κ2) is 6.93. The number of hydrogen-bond donors (Lipinski definition) is 2. The number of thiophene rings is 1. The first kappa shape index (κ1) is 17.4. The molecule has 1 atom stereocenters. The molecule has 2 aliphatic heterocycles. The fourth-order valence-corrected chi connectivity index (χ4v) is 5.23. The molecule has 0 saturated carbocycles. The zero-order valence-electron chi connectivity index (χ0n) is 15.6. The van der Waals surface area contributed by atoms with E-state index in [0.717, 1.165) is 48.7 Å². The van der Waals surface area contributed by atoms with Gasteiger partial charge < -0.3 is 20.4 Å². The van der Waals surface area contributed by atoms with Gasteiger partial charge in [0.15, 0.2) is 0 Å². The van der Waals surface area contributed by atoms with Gasteiger partial charge in [0.2, 0.25) is 0 Å². The Balaban J connectivity index is 1.58. The van der Waals surface area contributed by atoms with Gasteiger partial charge in [-0.05, 0) is 50.6 Å². The van der Waals surface area contributed by atoms with Crippen molar-refractivity contribution in [3.63, 3.8) is 0 Å². The van der Waals surface area contributed by atoms with Crippen LogP contribution in [0.1, 0.15) is 46.4 Å². The van der Waals surface area contributed by atoms with E-state index in [1.165, 1.54) is 16.1 Å².